The zero-order valence-electron chi connectivity index (χ0n) is 8.77. The quantitative estimate of drug-likeness (QED) is 0.334. The van der Waals surface area contributed by atoms with E-state index < -0.39 is 29.8 Å². The Kier molecular flexibility index (Phi) is 5.17. The molecule has 0 aromatic heterocycles. The number of amides is 1. The summed E-state index contributed by atoms with van der Waals surface area (Å²) in [4.78, 5) is 32.2. The van der Waals surface area contributed by atoms with Gasteiger partial charge in [0.15, 0.2) is 5.92 Å². The molecule has 0 aliphatic carbocycles. The molecule has 90 valence electrons. The van der Waals surface area contributed by atoms with E-state index in [-0.39, 0.29) is 12.1 Å². The molecule has 1 unspecified atom stereocenters. The number of nitrogens with one attached hydrogen (secondary N) is 1. The van der Waals surface area contributed by atoms with Crippen LogP contribution in [0.2, 0.25) is 0 Å². The fourth-order valence-corrected chi connectivity index (χ4v) is 0.951. The minimum Gasteiger partial charge on any atom is -0.481 e. The smallest absolute Gasteiger partial charge is 0.319 e. The van der Waals surface area contributed by atoms with E-state index in [9.17, 15) is 14.4 Å². The topological polar surface area (TPSA) is 130 Å². The van der Waals surface area contributed by atoms with Gasteiger partial charge in [0.1, 0.15) is 0 Å². The molecular weight excluding hydrogens is 216 g/mol. The second-order valence-electron chi connectivity index (χ2n) is 3.31. The first-order valence-corrected chi connectivity index (χ1v) is 4.42. The van der Waals surface area contributed by atoms with Gasteiger partial charge in [0.2, 0.25) is 5.91 Å². The van der Waals surface area contributed by atoms with Crippen LogP contribution < -0.4 is 11.1 Å². The van der Waals surface area contributed by atoms with Crippen LogP contribution in [-0.4, -0.2) is 40.6 Å². The molecule has 1 amide bonds. The highest BCUT2D eigenvalue weighted by molar-refractivity contribution is 5.94. The van der Waals surface area contributed by atoms with Crippen molar-refractivity contribution < 1.29 is 24.6 Å². The fourth-order valence-electron chi connectivity index (χ4n) is 0.951. The summed E-state index contributed by atoms with van der Waals surface area (Å²) >= 11 is 0. The third-order valence-corrected chi connectivity index (χ3v) is 1.85. The molecule has 0 aromatic rings. The van der Waals surface area contributed by atoms with Crippen LogP contribution in [0.1, 0.15) is 6.92 Å². The highest BCUT2D eigenvalue weighted by Gasteiger charge is 2.32. The van der Waals surface area contributed by atoms with Crippen molar-refractivity contribution in [3.8, 4) is 0 Å². The molecule has 0 radical (unpaired) electrons. The molecule has 0 bridgehead atoms. The van der Waals surface area contributed by atoms with Crippen LogP contribution in [0.15, 0.2) is 12.2 Å². The SMILES string of the molecule is C=C(C)C(=O)NCC(N)C(C(=O)O)C(=O)O. The Morgan fingerprint density at radius 1 is 1.31 bits per heavy atom. The normalized spacial score (nSPS) is 11.9. The highest BCUT2D eigenvalue weighted by Crippen LogP contribution is 2.02. The Morgan fingerprint density at radius 2 is 1.75 bits per heavy atom. The second kappa shape index (κ2) is 5.86. The third-order valence-electron chi connectivity index (χ3n) is 1.85. The Hall–Kier alpha value is -1.89. The van der Waals surface area contributed by atoms with Gasteiger partial charge in [-0.2, -0.15) is 0 Å². The van der Waals surface area contributed by atoms with E-state index in [1.165, 1.54) is 6.92 Å². The molecule has 0 saturated heterocycles. The molecule has 0 aliphatic rings. The van der Waals surface area contributed by atoms with Crippen LogP contribution in [0.5, 0.6) is 0 Å². The lowest BCUT2D eigenvalue weighted by molar-refractivity contribution is -0.155. The van der Waals surface area contributed by atoms with Crippen LogP contribution in [-0.2, 0) is 14.4 Å². The monoisotopic (exact) mass is 230 g/mol. The Labute approximate surface area is 91.9 Å². The number of aliphatic carboxylic acids is 2. The van der Waals surface area contributed by atoms with Crippen molar-refractivity contribution in [1.82, 2.24) is 5.32 Å². The van der Waals surface area contributed by atoms with Crippen molar-refractivity contribution in [3.05, 3.63) is 12.2 Å². The molecule has 5 N–H and O–H groups in total. The van der Waals surface area contributed by atoms with Crippen molar-refractivity contribution in [2.24, 2.45) is 11.7 Å². The van der Waals surface area contributed by atoms with Gasteiger partial charge in [-0.3, -0.25) is 14.4 Å². The molecule has 0 heterocycles. The molecule has 0 aromatic carbocycles. The summed E-state index contributed by atoms with van der Waals surface area (Å²) in [5.41, 5.74) is 5.59. The van der Waals surface area contributed by atoms with Gasteiger partial charge in [0.25, 0.3) is 0 Å². The van der Waals surface area contributed by atoms with Crippen LogP contribution in [0.3, 0.4) is 0 Å². The number of hydrogen-bond donors (Lipinski definition) is 4. The van der Waals surface area contributed by atoms with Crippen LogP contribution in [0, 0.1) is 5.92 Å². The average Bonchev–Trinajstić information content (AvgIpc) is 2.12. The highest BCUT2D eigenvalue weighted by atomic mass is 16.4. The summed E-state index contributed by atoms with van der Waals surface area (Å²) in [5, 5.41) is 19.5. The molecule has 1 atom stereocenters. The molecular formula is C9H14N2O5. The standard InChI is InChI=1S/C9H14N2O5/c1-4(2)7(12)11-3-5(10)6(8(13)14)9(15)16/h5-6H,1,3,10H2,2H3,(H,11,12)(H,13,14)(H,15,16). The van der Waals surface area contributed by atoms with Gasteiger partial charge in [-0.25, -0.2) is 0 Å². The second-order valence-corrected chi connectivity index (χ2v) is 3.31. The summed E-state index contributed by atoms with van der Waals surface area (Å²) in [6.07, 6.45) is 0. The van der Waals surface area contributed by atoms with E-state index in [1.54, 1.807) is 0 Å². The van der Waals surface area contributed by atoms with Crippen molar-refractivity contribution in [3.63, 3.8) is 0 Å². The summed E-state index contributed by atoms with van der Waals surface area (Å²) in [5.74, 6) is -5.32. The van der Waals surface area contributed by atoms with Crippen LogP contribution >= 0.6 is 0 Å². The molecule has 7 heteroatoms. The summed E-state index contributed by atoms with van der Waals surface area (Å²) in [6.45, 7) is 4.59. The van der Waals surface area contributed by atoms with Gasteiger partial charge < -0.3 is 21.3 Å². The van der Waals surface area contributed by atoms with Gasteiger partial charge >= 0.3 is 11.9 Å². The van der Waals surface area contributed by atoms with E-state index in [0.29, 0.717) is 0 Å². The minimum atomic E-state index is -1.74. The molecule has 7 nitrogen and oxygen atoms in total. The molecule has 16 heavy (non-hydrogen) atoms. The Bertz CT molecular complexity index is 312. The number of rotatable bonds is 6. The molecule has 0 saturated carbocycles. The molecule has 0 aliphatic heterocycles. The zero-order valence-corrected chi connectivity index (χ0v) is 8.77. The van der Waals surface area contributed by atoms with Crippen molar-refractivity contribution in [2.45, 2.75) is 13.0 Å². The number of carboxylic acid groups (broad SMARTS) is 2. The third kappa shape index (κ3) is 4.09. The predicted octanol–water partition coefficient (Wildman–Crippen LogP) is -1.21. The van der Waals surface area contributed by atoms with Crippen LogP contribution in [0.4, 0.5) is 0 Å². The van der Waals surface area contributed by atoms with E-state index in [2.05, 4.69) is 11.9 Å². The van der Waals surface area contributed by atoms with Gasteiger partial charge in [-0.15, -0.1) is 0 Å². The number of carbonyl (C=O) groups is 3. The lowest BCUT2D eigenvalue weighted by Crippen LogP contribution is -2.48. The summed E-state index contributed by atoms with van der Waals surface area (Å²) in [7, 11) is 0. The predicted molar refractivity (Wildman–Crippen MR) is 54.6 cm³/mol. The molecule has 0 fully saturated rings. The van der Waals surface area contributed by atoms with Crippen molar-refractivity contribution >= 4 is 17.8 Å². The van der Waals surface area contributed by atoms with Gasteiger partial charge in [-0.05, 0) is 6.92 Å². The maximum Gasteiger partial charge on any atom is 0.319 e. The first-order chi connectivity index (χ1) is 7.27. The van der Waals surface area contributed by atoms with Crippen molar-refractivity contribution in [2.75, 3.05) is 6.54 Å². The molecule has 0 rings (SSSR count). The number of hydrogen-bond acceptors (Lipinski definition) is 4. The van der Waals surface area contributed by atoms with E-state index >= 15 is 0 Å². The number of carbonyl (C=O) groups excluding carboxylic acids is 1. The fraction of sp³-hybridized carbons (Fsp3) is 0.444. The number of nitrogens with two attached hydrogens (primary N) is 1. The lowest BCUT2D eigenvalue weighted by atomic mass is 10.0. The van der Waals surface area contributed by atoms with E-state index in [0.717, 1.165) is 0 Å². The lowest BCUT2D eigenvalue weighted by Gasteiger charge is -2.16. The van der Waals surface area contributed by atoms with Gasteiger partial charge in [0, 0.05) is 18.2 Å². The van der Waals surface area contributed by atoms with Gasteiger partial charge in [-0.1, -0.05) is 6.58 Å². The van der Waals surface area contributed by atoms with Gasteiger partial charge in [0.05, 0.1) is 0 Å². The largest absolute Gasteiger partial charge is 0.481 e. The Morgan fingerprint density at radius 3 is 2.06 bits per heavy atom. The Balaban J connectivity index is 4.38. The molecule has 0 spiro atoms. The number of carboxylic acids is 2. The zero-order chi connectivity index (χ0) is 12.9. The van der Waals surface area contributed by atoms with E-state index in [1.807, 2.05) is 0 Å². The first kappa shape index (κ1) is 14.1. The van der Waals surface area contributed by atoms with E-state index in [4.69, 9.17) is 15.9 Å². The average molecular weight is 230 g/mol. The maximum atomic E-state index is 11.0. The van der Waals surface area contributed by atoms with Crippen molar-refractivity contribution in [1.29, 1.82) is 0 Å². The summed E-state index contributed by atoms with van der Waals surface area (Å²) in [6, 6.07) is -1.20. The maximum absolute atomic E-state index is 11.0. The van der Waals surface area contributed by atoms with Crippen LogP contribution in [0.25, 0.3) is 0 Å². The summed E-state index contributed by atoms with van der Waals surface area (Å²) < 4.78 is 0. The minimum absolute atomic E-state index is 0.231. The first-order valence-electron chi connectivity index (χ1n) is 4.42.